The third kappa shape index (κ3) is 4.94. The first-order valence-corrected chi connectivity index (χ1v) is 6.03. The minimum Gasteiger partial charge on any atom is -0.355 e. The summed E-state index contributed by atoms with van der Waals surface area (Å²) < 4.78 is 0. The molecule has 0 rings (SSSR count). The molecule has 0 saturated carbocycles. The van der Waals surface area contributed by atoms with Gasteiger partial charge in [0.15, 0.2) is 0 Å². The van der Waals surface area contributed by atoms with Crippen molar-refractivity contribution in [2.45, 2.75) is 39.7 Å². The van der Waals surface area contributed by atoms with Crippen molar-refractivity contribution >= 4 is 5.91 Å². The molecular formula is C12H27N3O. The van der Waals surface area contributed by atoms with E-state index in [0.29, 0.717) is 19.0 Å². The maximum Gasteiger partial charge on any atom is 0.234 e. The molecule has 16 heavy (non-hydrogen) atoms. The van der Waals surface area contributed by atoms with Crippen LogP contribution in [-0.2, 0) is 4.79 Å². The zero-order chi connectivity index (χ0) is 12.8. The molecule has 0 aliphatic heterocycles. The predicted octanol–water partition coefficient (Wildman–Crippen LogP) is 0.818. The Hall–Kier alpha value is -0.610. The van der Waals surface area contributed by atoms with Gasteiger partial charge in [-0.25, -0.2) is 0 Å². The highest BCUT2D eigenvalue weighted by atomic mass is 16.2. The van der Waals surface area contributed by atoms with E-state index in [2.05, 4.69) is 33.0 Å². The topological polar surface area (TPSA) is 58.4 Å². The number of amides is 1. The second-order valence-corrected chi connectivity index (χ2v) is 5.11. The third-order valence-corrected chi connectivity index (χ3v) is 3.21. The van der Waals surface area contributed by atoms with Crippen molar-refractivity contribution in [3.8, 4) is 0 Å². The fourth-order valence-electron chi connectivity index (χ4n) is 1.35. The Kier molecular flexibility index (Phi) is 6.60. The molecule has 0 aromatic carbocycles. The summed E-state index contributed by atoms with van der Waals surface area (Å²) in [5.41, 5.74) is 5.65. The SMILES string of the molecule is CCC(C)(CN)N(C)CC(=O)NCC(C)C. The summed E-state index contributed by atoms with van der Waals surface area (Å²) in [4.78, 5) is 13.7. The molecule has 0 saturated heterocycles. The standard InChI is InChI=1S/C12H27N3O/c1-6-12(4,9-13)15(5)8-11(16)14-7-10(2)3/h10H,6-9,13H2,1-5H3,(H,14,16). The molecule has 1 unspecified atom stereocenters. The first-order chi connectivity index (χ1) is 7.35. The van der Waals surface area contributed by atoms with Crippen LogP contribution < -0.4 is 11.1 Å². The van der Waals surface area contributed by atoms with Crippen LogP contribution in [0.1, 0.15) is 34.1 Å². The molecular weight excluding hydrogens is 202 g/mol. The van der Waals surface area contributed by atoms with Gasteiger partial charge in [0.25, 0.3) is 0 Å². The number of hydrogen-bond donors (Lipinski definition) is 2. The van der Waals surface area contributed by atoms with Gasteiger partial charge in [-0.15, -0.1) is 0 Å². The zero-order valence-corrected chi connectivity index (χ0v) is 11.3. The molecule has 4 nitrogen and oxygen atoms in total. The van der Waals surface area contributed by atoms with E-state index in [1.807, 2.05) is 11.9 Å². The van der Waals surface area contributed by atoms with Crippen LogP contribution in [0.15, 0.2) is 0 Å². The number of carbonyl (C=O) groups excluding carboxylic acids is 1. The first-order valence-electron chi connectivity index (χ1n) is 6.03. The largest absolute Gasteiger partial charge is 0.355 e. The van der Waals surface area contributed by atoms with Gasteiger partial charge in [0.05, 0.1) is 6.54 Å². The van der Waals surface area contributed by atoms with E-state index in [-0.39, 0.29) is 11.4 Å². The van der Waals surface area contributed by atoms with Gasteiger partial charge in [-0.2, -0.15) is 0 Å². The Morgan fingerprint density at radius 1 is 1.50 bits per heavy atom. The molecule has 0 bridgehead atoms. The summed E-state index contributed by atoms with van der Waals surface area (Å²) in [5.74, 6) is 0.561. The summed E-state index contributed by atoms with van der Waals surface area (Å²) in [6, 6.07) is 0. The molecule has 3 N–H and O–H groups in total. The van der Waals surface area contributed by atoms with E-state index in [1.165, 1.54) is 0 Å². The van der Waals surface area contributed by atoms with E-state index in [4.69, 9.17) is 5.73 Å². The number of hydrogen-bond acceptors (Lipinski definition) is 3. The Labute approximate surface area is 99.6 Å². The number of rotatable bonds is 7. The number of nitrogens with zero attached hydrogens (tertiary/aromatic N) is 1. The quantitative estimate of drug-likeness (QED) is 0.679. The summed E-state index contributed by atoms with van der Waals surface area (Å²) in [6.45, 7) is 10.1. The van der Waals surface area contributed by atoms with Gasteiger partial charge in [0.1, 0.15) is 0 Å². The highest BCUT2D eigenvalue weighted by molar-refractivity contribution is 5.78. The average molecular weight is 229 g/mol. The van der Waals surface area contributed by atoms with Gasteiger partial charge in [0.2, 0.25) is 5.91 Å². The van der Waals surface area contributed by atoms with Gasteiger partial charge < -0.3 is 11.1 Å². The monoisotopic (exact) mass is 229 g/mol. The normalized spacial score (nSPS) is 15.2. The minimum absolute atomic E-state index is 0.0734. The predicted molar refractivity (Wildman–Crippen MR) is 68.2 cm³/mol. The molecule has 96 valence electrons. The van der Waals surface area contributed by atoms with E-state index >= 15 is 0 Å². The molecule has 0 aromatic rings. The molecule has 1 amide bonds. The highest BCUT2D eigenvalue weighted by Crippen LogP contribution is 2.15. The smallest absolute Gasteiger partial charge is 0.234 e. The Bertz CT molecular complexity index is 212. The molecule has 4 heteroatoms. The van der Waals surface area contributed by atoms with E-state index in [0.717, 1.165) is 13.0 Å². The minimum atomic E-state index is -0.0881. The second kappa shape index (κ2) is 6.86. The van der Waals surface area contributed by atoms with E-state index in [9.17, 15) is 4.79 Å². The van der Waals surface area contributed by atoms with E-state index < -0.39 is 0 Å². The van der Waals surface area contributed by atoms with E-state index in [1.54, 1.807) is 0 Å². The van der Waals surface area contributed by atoms with Crippen LogP contribution in [0.3, 0.4) is 0 Å². The molecule has 0 aromatic heterocycles. The lowest BCUT2D eigenvalue weighted by Crippen LogP contribution is -2.52. The summed E-state index contributed by atoms with van der Waals surface area (Å²) in [6.07, 6.45) is 0.942. The molecule has 0 spiro atoms. The lowest BCUT2D eigenvalue weighted by Gasteiger charge is -2.36. The summed E-state index contributed by atoms with van der Waals surface area (Å²) >= 11 is 0. The van der Waals surface area contributed by atoms with Crippen LogP contribution >= 0.6 is 0 Å². The molecule has 0 fully saturated rings. The first kappa shape index (κ1) is 15.4. The van der Waals surface area contributed by atoms with Crippen molar-refractivity contribution in [3.63, 3.8) is 0 Å². The van der Waals surface area contributed by atoms with Crippen LogP contribution in [0.25, 0.3) is 0 Å². The van der Waals surface area contributed by atoms with Crippen LogP contribution in [0.5, 0.6) is 0 Å². The number of nitrogens with one attached hydrogen (secondary N) is 1. The Morgan fingerprint density at radius 2 is 2.06 bits per heavy atom. The van der Waals surface area contributed by atoms with Gasteiger partial charge in [-0.05, 0) is 26.3 Å². The molecule has 0 heterocycles. The average Bonchev–Trinajstić information content (AvgIpc) is 2.25. The van der Waals surface area contributed by atoms with Crippen molar-refractivity contribution in [2.75, 3.05) is 26.7 Å². The summed E-state index contributed by atoms with van der Waals surface area (Å²) in [7, 11) is 1.95. The highest BCUT2D eigenvalue weighted by Gasteiger charge is 2.26. The molecule has 0 aliphatic carbocycles. The summed E-state index contributed by atoms with van der Waals surface area (Å²) in [5, 5.41) is 2.91. The van der Waals surface area contributed by atoms with Crippen LogP contribution in [0.2, 0.25) is 0 Å². The molecule has 1 atom stereocenters. The Morgan fingerprint density at radius 3 is 2.44 bits per heavy atom. The maximum atomic E-state index is 11.6. The van der Waals surface area contributed by atoms with Gasteiger partial charge in [-0.3, -0.25) is 9.69 Å². The van der Waals surface area contributed by atoms with Crippen molar-refractivity contribution in [2.24, 2.45) is 11.7 Å². The van der Waals surface area contributed by atoms with Crippen molar-refractivity contribution in [3.05, 3.63) is 0 Å². The van der Waals surface area contributed by atoms with Gasteiger partial charge in [0, 0.05) is 18.6 Å². The van der Waals surface area contributed by atoms with Crippen molar-refractivity contribution in [1.82, 2.24) is 10.2 Å². The zero-order valence-electron chi connectivity index (χ0n) is 11.3. The number of likely N-dealkylation sites (N-methyl/N-ethyl adjacent to an activating group) is 1. The molecule has 0 aliphatic rings. The fraction of sp³-hybridized carbons (Fsp3) is 0.917. The second-order valence-electron chi connectivity index (χ2n) is 5.11. The lowest BCUT2D eigenvalue weighted by atomic mass is 9.97. The Balaban J connectivity index is 4.12. The number of carbonyl (C=O) groups is 1. The third-order valence-electron chi connectivity index (χ3n) is 3.21. The van der Waals surface area contributed by atoms with Crippen LogP contribution in [-0.4, -0.2) is 43.0 Å². The van der Waals surface area contributed by atoms with Crippen LogP contribution in [0, 0.1) is 5.92 Å². The van der Waals surface area contributed by atoms with Gasteiger partial charge in [-0.1, -0.05) is 20.8 Å². The lowest BCUT2D eigenvalue weighted by molar-refractivity contribution is -0.123. The number of nitrogens with two attached hydrogens (primary N) is 1. The van der Waals surface area contributed by atoms with Crippen molar-refractivity contribution < 1.29 is 4.79 Å². The van der Waals surface area contributed by atoms with Gasteiger partial charge >= 0.3 is 0 Å². The molecule has 0 radical (unpaired) electrons. The maximum absolute atomic E-state index is 11.6. The van der Waals surface area contributed by atoms with Crippen molar-refractivity contribution in [1.29, 1.82) is 0 Å². The van der Waals surface area contributed by atoms with Crippen LogP contribution in [0.4, 0.5) is 0 Å². The fourth-order valence-corrected chi connectivity index (χ4v) is 1.35.